The molecule has 25 heavy (non-hydrogen) atoms. The molecule has 0 amide bonds. The molecule has 0 radical (unpaired) electrons. The summed E-state index contributed by atoms with van der Waals surface area (Å²) in [5, 5.41) is 29.2. The van der Waals surface area contributed by atoms with Crippen LogP contribution in [0.5, 0.6) is 0 Å². The maximum Gasteiger partial charge on any atom is 0.338 e. The lowest BCUT2D eigenvalue weighted by Gasteiger charge is -2.14. The Bertz CT molecular complexity index is 897. The van der Waals surface area contributed by atoms with Crippen LogP contribution in [-0.4, -0.2) is 27.3 Å². The number of para-hydroxylation sites is 1. The first kappa shape index (κ1) is 17.0. The van der Waals surface area contributed by atoms with Gasteiger partial charge in [-0.2, -0.15) is 5.26 Å². The van der Waals surface area contributed by atoms with Crippen molar-refractivity contribution in [3.05, 3.63) is 64.7 Å². The van der Waals surface area contributed by atoms with Gasteiger partial charge in [0.25, 0.3) is 0 Å². The van der Waals surface area contributed by atoms with Crippen LogP contribution in [0.4, 0.5) is 0 Å². The molecule has 126 valence electrons. The molecular weight excluding hydrogens is 340 g/mol. The summed E-state index contributed by atoms with van der Waals surface area (Å²) in [7, 11) is 0. The first-order valence-electron chi connectivity index (χ1n) is 7.46. The fourth-order valence-electron chi connectivity index (χ4n) is 2.20. The molecule has 0 saturated heterocycles. The number of carbonyl (C=O) groups excluding carboxylic acids is 1. The monoisotopic (exact) mass is 354 g/mol. The number of benzene rings is 2. The van der Waals surface area contributed by atoms with E-state index >= 15 is 0 Å². The van der Waals surface area contributed by atoms with Gasteiger partial charge in [-0.1, -0.05) is 24.3 Å². The fourth-order valence-corrected chi connectivity index (χ4v) is 3.18. The van der Waals surface area contributed by atoms with Gasteiger partial charge >= 0.3 is 5.97 Å². The van der Waals surface area contributed by atoms with E-state index in [1.165, 1.54) is 11.3 Å². The minimum atomic E-state index is -1.72. The Morgan fingerprint density at radius 3 is 2.60 bits per heavy atom. The molecule has 3 aromatic rings. The predicted octanol–water partition coefficient (Wildman–Crippen LogP) is 2.31. The van der Waals surface area contributed by atoms with Crippen LogP contribution in [0.3, 0.4) is 0 Å². The van der Waals surface area contributed by atoms with Crippen LogP contribution < -0.4 is 0 Å². The van der Waals surface area contributed by atoms with Gasteiger partial charge in [0.2, 0.25) is 0 Å². The molecule has 2 atom stereocenters. The van der Waals surface area contributed by atoms with Crippen molar-refractivity contribution < 1.29 is 19.7 Å². The second-order valence-electron chi connectivity index (χ2n) is 5.33. The fraction of sp³-hybridized carbons (Fsp3) is 0.167. The number of aliphatic hydroxyl groups is 2. The highest BCUT2D eigenvalue weighted by molar-refractivity contribution is 7.18. The highest BCUT2D eigenvalue weighted by Crippen LogP contribution is 2.28. The summed E-state index contributed by atoms with van der Waals surface area (Å²) in [6.45, 7) is -0.0613. The Balaban J connectivity index is 1.63. The SMILES string of the molecule is N#Cc1ccc(COC(=O)[C@H](O)[C@@H](O)c2nc3ccccc3s2)cc1. The Morgan fingerprint density at radius 1 is 1.20 bits per heavy atom. The lowest BCUT2D eigenvalue weighted by Crippen LogP contribution is -2.29. The molecule has 2 N–H and O–H groups in total. The van der Waals surface area contributed by atoms with E-state index < -0.39 is 18.2 Å². The number of aromatic nitrogens is 1. The molecule has 1 aromatic heterocycles. The average molecular weight is 354 g/mol. The minimum absolute atomic E-state index is 0.0613. The van der Waals surface area contributed by atoms with Gasteiger partial charge in [-0.05, 0) is 29.8 Å². The van der Waals surface area contributed by atoms with Gasteiger partial charge < -0.3 is 14.9 Å². The quantitative estimate of drug-likeness (QED) is 0.682. The van der Waals surface area contributed by atoms with Crippen molar-refractivity contribution in [2.24, 2.45) is 0 Å². The van der Waals surface area contributed by atoms with Gasteiger partial charge in [-0.15, -0.1) is 11.3 Å². The van der Waals surface area contributed by atoms with E-state index in [0.29, 0.717) is 16.6 Å². The third-order valence-corrected chi connectivity index (χ3v) is 4.68. The number of ether oxygens (including phenoxy) is 1. The zero-order chi connectivity index (χ0) is 17.8. The smallest absolute Gasteiger partial charge is 0.338 e. The molecule has 6 nitrogen and oxygen atoms in total. The summed E-state index contributed by atoms with van der Waals surface area (Å²) in [6.07, 6.45) is -3.18. The largest absolute Gasteiger partial charge is 0.459 e. The molecular formula is C18H14N2O4S. The molecule has 0 saturated carbocycles. The molecule has 0 aliphatic carbocycles. The standard InChI is InChI=1S/C18H14N2O4S/c19-9-11-5-7-12(8-6-11)10-24-18(23)16(22)15(21)17-20-13-3-1-2-4-14(13)25-17/h1-8,15-16,21-22H,10H2/t15-,16-/m1/s1. The van der Waals surface area contributed by atoms with Gasteiger partial charge in [0, 0.05) is 0 Å². The number of aliphatic hydroxyl groups excluding tert-OH is 2. The predicted molar refractivity (Wildman–Crippen MR) is 91.5 cm³/mol. The molecule has 0 aliphatic rings. The van der Waals surface area contributed by atoms with Crippen molar-refractivity contribution in [2.75, 3.05) is 0 Å². The maximum absolute atomic E-state index is 12.0. The highest BCUT2D eigenvalue weighted by Gasteiger charge is 2.29. The second kappa shape index (κ2) is 7.40. The first-order valence-corrected chi connectivity index (χ1v) is 8.27. The van der Waals surface area contributed by atoms with Crippen LogP contribution in [0, 0.1) is 11.3 Å². The number of fused-ring (bicyclic) bond motifs is 1. The van der Waals surface area contributed by atoms with Crippen LogP contribution in [-0.2, 0) is 16.1 Å². The number of hydrogen-bond donors (Lipinski definition) is 2. The molecule has 1 heterocycles. The number of carbonyl (C=O) groups is 1. The number of rotatable bonds is 5. The van der Waals surface area contributed by atoms with Crippen LogP contribution in [0.15, 0.2) is 48.5 Å². The number of nitriles is 1. The van der Waals surface area contributed by atoms with Crippen LogP contribution in [0.2, 0.25) is 0 Å². The van der Waals surface area contributed by atoms with E-state index in [2.05, 4.69) is 4.98 Å². The molecule has 0 unspecified atom stereocenters. The van der Waals surface area contributed by atoms with E-state index in [1.807, 2.05) is 24.3 Å². The van der Waals surface area contributed by atoms with Gasteiger partial charge in [-0.25, -0.2) is 9.78 Å². The molecule has 0 aliphatic heterocycles. The Labute approximate surface area is 147 Å². The maximum atomic E-state index is 12.0. The molecule has 2 aromatic carbocycles. The van der Waals surface area contributed by atoms with E-state index in [-0.39, 0.29) is 11.6 Å². The van der Waals surface area contributed by atoms with Crippen molar-refractivity contribution in [1.29, 1.82) is 5.26 Å². The van der Waals surface area contributed by atoms with Crippen molar-refractivity contribution in [1.82, 2.24) is 4.98 Å². The molecule has 3 rings (SSSR count). The summed E-state index contributed by atoms with van der Waals surface area (Å²) < 4.78 is 5.88. The topological polar surface area (TPSA) is 103 Å². The van der Waals surface area contributed by atoms with Gasteiger partial charge in [-0.3, -0.25) is 0 Å². The third kappa shape index (κ3) is 3.83. The van der Waals surface area contributed by atoms with Crippen molar-refractivity contribution in [3.8, 4) is 6.07 Å². The Morgan fingerprint density at radius 2 is 1.92 bits per heavy atom. The number of hydrogen-bond acceptors (Lipinski definition) is 7. The third-order valence-electron chi connectivity index (χ3n) is 3.57. The first-order chi connectivity index (χ1) is 12.1. The molecule has 7 heteroatoms. The van der Waals surface area contributed by atoms with E-state index in [9.17, 15) is 15.0 Å². The summed E-state index contributed by atoms with van der Waals surface area (Å²) in [4.78, 5) is 16.2. The van der Waals surface area contributed by atoms with Crippen LogP contribution in [0.1, 0.15) is 22.2 Å². The normalized spacial score (nSPS) is 13.2. The number of nitrogens with zero attached hydrogens (tertiary/aromatic N) is 2. The van der Waals surface area contributed by atoms with Gasteiger partial charge in [0.15, 0.2) is 6.10 Å². The zero-order valence-electron chi connectivity index (χ0n) is 13.0. The summed E-state index contributed by atoms with van der Waals surface area (Å²) in [6, 6.07) is 15.8. The molecule has 0 spiro atoms. The number of esters is 1. The van der Waals surface area contributed by atoms with Crippen molar-refractivity contribution in [2.45, 2.75) is 18.8 Å². The van der Waals surface area contributed by atoms with E-state index in [0.717, 1.165) is 4.70 Å². The summed E-state index contributed by atoms with van der Waals surface area (Å²) in [5.74, 6) is -0.934. The number of thiazole rings is 1. The van der Waals surface area contributed by atoms with Gasteiger partial charge in [0.05, 0.1) is 21.8 Å². The van der Waals surface area contributed by atoms with E-state index in [4.69, 9.17) is 10.00 Å². The van der Waals surface area contributed by atoms with Crippen molar-refractivity contribution in [3.63, 3.8) is 0 Å². The molecule has 0 fully saturated rings. The lowest BCUT2D eigenvalue weighted by atomic mass is 10.1. The van der Waals surface area contributed by atoms with Crippen LogP contribution >= 0.6 is 11.3 Å². The van der Waals surface area contributed by atoms with E-state index in [1.54, 1.807) is 30.3 Å². The molecule has 0 bridgehead atoms. The second-order valence-corrected chi connectivity index (χ2v) is 6.39. The Kier molecular flexibility index (Phi) is 5.05. The summed E-state index contributed by atoms with van der Waals surface area (Å²) >= 11 is 1.21. The summed E-state index contributed by atoms with van der Waals surface area (Å²) in [5.41, 5.74) is 1.87. The zero-order valence-corrected chi connectivity index (χ0v) is 13.8. The highest BCUT2D eigenvalue weighted by atomic mass is 32.1. The van der Waals surface area contributed by atoms with Crippen molar-refractivity contribution >= 4 is 27.5 Å². The lowest BCUT2D eigenvalue weighted by molar-refractivity contribution is -0.161. The Hall–Kier alpha value is -2.79. The average Bonchev–Trinajstić information content (AvgIpc) is 3.09. The van der Waals surface area contributed by atoms with Gasteiger partial charge in [0.1, 0.15) is 17.7 Å². The van der Waals surface area contributed by atoms with Crippen LogP contribution in [0.25, 0.3) is 10.2 Å². The minimum Gasteiger partial charge on any atom is -0.459 e.